The van der Waals surface area contributed by atoms with Gasteiger partial charge in [-0.25, -0.2) is 4.79 Å². The largest absolute Gasteiger partial charge is 0.493 e. The summed E-state index contributed by atoms with van der Waals surface area (Å²) in [6.07, 6.45) is 2.77. The molecule has 1 N–H and O–H groups in total. The molecule has 0 aliphatic heterocycles. The van der Waals surface area contributed by atoms with Gasteiger partial charge in [0.2, 0.25) is 5.91 Å². The van der Waals surface area contributed by atoms with Crippen LogP contribution < -0.4 is 19.5 Å². The van der Waals surface area contributed by atoms with Crippen LogP contribution in [0.1, 0.15) is 25.3 Å². The van der Waals surface area contributed by atoms with E-state index >= 15 is 0 Å². The second-order valence-corrected chi connectivity index (χ2v) is 6.50. The van der Waals surface area contributed by atoms with Crippen LogP contribution in [0.3, 0.4) is 0 Å². The van der Waals surface area contributed by atoms with Crippen LogP contribution in [0, 0.1) is 10.1 Å². The lowest BCUT2D eigenvalue weighted by Crippen LogP contribution is -2.11. The maximum absolute atomic E-state index is 12.1. The predicted octanol–water partition coefficient (Wildman–Crippen LogP) is 3.17. The summed E-state index contributed by atoms with van der Waals surface area (Å²) < 4.78 is 15.6. The van der Waals surface area contributed by atoms with Gasteiger partial charge in [0.25, 0.3) is 5.09 Å². The molecule has 0 saturated carbocycles. The molecule has 1 amide bonds. The maximum atomic E-state index is 12.1. The van der Waals surface area contributed by atoms with E-state index in [1.807, 2.05) is 0 Å². The fraction of sp³-hybridized carbons (Fsp3) is 0.227. The van der Waals surface area contributed by atoms with E-state index in [0.717, 1.165) is 0 Å². The molecule has 0 radical (unpaired) electrons. The van der Waals surface area contributed by atoms with Crippen molar-refractivity contribution in [1.29, 1.82) is 0 Å². The number of hydrogen-bond acceptors (Lipinski definition) is 9. The van der Waals surface area contributed by atoms with Crippen molar-refractivity contribution in [1.82, 2.24) is 0 Å². The van der Waals surface area contributed by atoms with E-state index in [0.29, 0.717) is 17.0 Å². The summed E-state index contributed by atoms with van der Waals surface area (Å²) in [5.74, 6) is -0.695. The first-order valence-electron chi connectivity index (χ1n) is 9.70. The molecule has 0 saturated heterocycles. The molecule has 0 aromatic heterocycles. The minimum Gasteiger partial charge on any atom is -0.493 e. The molecule has 0 unspecified atom stereocenters. The van der Waals surface area contributed by atoms with Gasteiger partial charge in [-0.15, -0.1) is 10.1 Å². The Morgan fingerprint density at radius 1 is 1.06 bits per heavy atom. The highest BCUT2D eigenvalue weighted by molar-refractivity contribution is 5.90. The fourth-order valence-corrected chi connectivity index (χ4v) is 2.53. The third-order valence-corrected chi connectivity index (χ3v) is 3.94. The van der Waals surface area contributed by atoms with Crippen LogP contribution in [0.2, 0.25) is 0 Å². The van der Waals surface area contributed by atoms with Crippen molar-refractivity contribution in [3.05, 3.63) is 64.2 Å². The van der Waals surface area contributed by atoms with Gasteiger partial charge in [-0.05, 0) is 54.5 Å². The number of anilines is 1. The molecule has 2 aromatic carbocycles. The van der Waals surface area contributed by atoms with Crippen LogP contribution in [0.15, 0.2) is 48.5 Å². The molecule has 174 valence electrons. The van der Waals surface area contributed by atoms with E-state index in [1.165, 1.54) is 32.3 Å². The molecule has 0 bridgehead atoms. The van der Waals surface area contributed by atoms with Gasteiger partial charge in [-0.2, -0.15) is 0 Å². The zero-order valence-corrected chi connectivity index (χ0v) is 17.9. The number of rotatable bonds is 11. The van der Waals surface area contributed by atoms with Crippen molar-refractivity contribution in [2.45, 2.75) is 19.8 Å². The van der Waals surface area contributed by atoms with Gasteiger partial charge in [-0.3, -0.25) is 9.59 Å². The highest BCUT2D eigenvalue weighted by Gasteiger charge is 2.11. The van der Waals surface area contributed by atoms with Gasteiger partial charge < -0.3 is 24.4 Å². The van der Waals surface area contributed by atoms with Gasteiger partial charge >= 0.3 is 11.9 Å². The summed E-state index contributed by atoms with van der Waals surface area (Å²) in [6, 6.07) is 11.0. The summed E-state index contributed by atoms with van der Waals surface area (Å²) >= 11 is 0. The van der Waals surface area contributed by atoms with Crippen LogP contribution in [0.5, 0.6) is 17.2 Å². The summed E-state index contributed by atoms with van der Waals surface area (Å²) in [6.45, 7) is 1.18. The number of nitrogens with one attached hydrogen (secondary N) is 1. The van der Waals surface area contributed by atoms with Gasteiger partial charge in [0.05, 0.1) is 13.7 Å². The average Bonchev–Trinajstić information content (AvgIpc) is 2.77. The zero-order chi connectivity index (χ0) is 24.2. The fourth-order valence-electron chi connectivity index (χ4n) is 2.53. The minimum absolute atomic E-state index is 0.0731. The Labute approximate surface area is 189 Å². The van der Waals surface area contributed by atoms with Gasteiger partial charge in [0, 0.05) is 25.1 Å². The van der Waals surface area contributed by atoms with E-state index in [-0.39, 0.29) is 36.9 Å². The van der Waals surface area contributed by atoms with E-state index < -0.39 is 17.0 Å². The molecule has 0 aliphatic carbocycles. The van der Waals surface area contributed by atoms with Crippen LogP contribution in [-0.4, -0.2) is 36.6 Å². The van der Waals surface area contributed by atoms with E-state index in [4.69, 9.17) is 14.2 Å². The molecular weight excluding hydrogens is 436 g/mol. The molecular formula is C22H22N2O9. The lowest BCUT2D eigenvalue weighted by Gasteiger charge is -2.10. The maximum Gasteiger partial charge on any atom is 0.336 e. The first-order chi connectivity index (χ1) is 15.8. The zero-order valence-electron chi connectivity index (χ0n) is 17.9. The third-order valence-electron chi connectivity index (χ3n) is 3.94. The standard InChI is InChI=1S/C22H22N2O9/c1-15(25)23-17-7-9-18(10-8-17)32-22(27)12-6-16-5-11-19(20(14-16)30-2)33-21(26)4-3-13-31-24(28)29/h5-12,14H,3-4,13H2,1-2H3,(H,23,25)/b12-6+. The number of nitrogens with zero attached hydrogens (tertiary/aromatic N) is 1. The van der Waals surface area contributed by atoms with Crippen LogP contribution in [-0.2, 0) is 19.2 Å². The van der Waals surface area contributed by atoms with Crippen molar-refractivity contribution >= 4 is 29.6 Å². The third kappa shape index (κ3) is 9.09. The second kappa shape index (κ2) is 12.4. The van der Waals surface area contributed by atoms with Crippen LogP contribution in [0.4, 0.5) is 5.69 Å². The number of carbonyl (C=O) groups is 3. The normalized spacial score (nSPS) is 10.4. The summed E-state index contributed by atoms with van der Waals surface area (Å²) in [5.41, 5.74) is 1.17. The van der Waals surface area contributed by atoms with Crippen molar-refractivity contribution in [3.63, 3.8) is 0 Å². The average molecular weight is 458 g/mol. The minimum atomic E-state index is -0.930. The Balaban J connectivity index is 1.92. The SMILES string of the molecule is COc1cc(/C=C/C(=O)Oc2ccc(NC(C)=O)cc2)ccc1OC(=O)CCCO[N+](=O)[O-]. The monoisotopic (exact) mass is 458 g/mol. The van der Waals surface area contributed by atoms with Crippen molar-refractivity contribution in [2.24, 2.45) is 0 Å². The topological polar surface area (TPSA) is 143 Å². The number of methoxy groups -OCH3 is 1. The Morgan fingerprint density at radius 2 is 1.79 bits per heavy atom. The smallest absolute Gasteiger partial charge is 0.336 e. The summed E-state index contributed by atoms with van der Waals surface area (Å²) in [5, 5.41) is 11.8. The van der Waals surface area contributed by atoms with Gasteiger partial charge in [-0.1, -0.05) is 6.07 Å². The highest BCUT2D eigenvalue weighted by atomic mass is 16.9. The van der Waals surface area contributed by atoms with Crippen LogP contribution >= 0.6 is 0 Å². The van der Waals surface area contributed by atoms with E-state index in [9.17, 15) is 24.5 Å². The molecule has 0 heterocycles. The Kier molecular flexibility index (Phi) is 9.37. The molecule has 0 spiro atoms. The lowest BCUT2D eigenvalue weighted by atomic mass is 10.2. The second-order valence-electron chi connectivity index (χ2n) is 6.50. The highest BCUT2D eigenvalue weighted by Crippen LogP contribution is 2.29. The Morgan fingerprint density at radius 3 is 2.42 bits per heavy atom. The van der Waals surface area contributed by atoms with Gasteiger partial charge in [0.15, 0.2) is 11.5 Å². The summed E-state index contributed by atoms with van der Waals surface area (Å²) in [4.78, 5) is 49.2. The number of benzene rings is 2. The first kappa shape index (κ1) is 24.9. The number of hydrogen-bond donors (Lipinski definition) is 1. The van der Waals surface area contributed by atoms with Crippen molar-refractivity contribution < 1.29 is 38.5 Å². The quantitative estimate of drug-likeness (QED) is 0.134. The number of esters is 2. The van der Waals surface area contributed by atoms with Crippen molar-refractivity contribution in [2.75, 3.05) is 19.0 Å². The van der Waals surface area contributed by atoms with E-state index in [2.05, 4.69) is 10.2 Å². The molecule has 0 atom stereocenters. The Hall–Kier alpha value is -4.41. The van der Waals surface area contributed by atoms with Gasteiger partial charge in [0.1, 0.15) is 5.75 Å². The summed E-state index contributed by atoms with van der Waals surface area (Å²) in [7, 11) is 1.39. The number of amides is 1. The molecule has 11 heteroatoms. The molecule has 0 fully saturated rings. The molecule has 11 nitrogen and oxygen atoms in total. The predicted molar refractivity (Wildman–Crippen MR) is 116 cm³/mol. The first-order valence-corrected chi connectivity index (χ1v) is 9.70. The van der Waals surface area contributed by atoms with E-state index in [1.54, 1.807) is 36.4 Å². The van der Waals surface area contributed by atoms with Crippen molar-refractivity contribution in [3.8, 4) is 17.2 Å². The Bertz CT molecular complexity index is 1030. The molecule has 33 heavy (non-hydrogen) atoms. The molecule has 2 rings (SSSR count). The molecule has 0 aliphatic rings. The number of carbonyl (C=O) groups excluding carboxylic acids is 3. The number of ether oxygens (including phenoxy) is 3. The lowest BCUT2D eigenvalue weighted by molar-refractivity contribution is -0.757. The van der Waals surface area contributed by atoms with Crippen LogP contribution in [0.25, 0.3) is 6.08 Å². The molecule has 2 aromatic rings.